The van der Waals surface area contributed by atoms with E-state index < -0.39 is 81.1 Å². The zero-order valence-electron chi connectivity index (χ0n) is 42.5. The van der Waals surface area contributed by atoms with E-state index in [0.29, 0.717) is 48.6 Å². The lowest BCUT2D eigenvalue weighted by atomic mass is 9.85. The minimum Gasteiger partial charge on any atom is -0.491 e. The highest BCUT2D eigenvalue weighted by Crippen LogP contribution is 2.33. The van der Waals surface area contributed by atoms with Gasteiger partial charge in [0.05, 0.1) is 46.1 Å². The number of pyridine rings is 1. The number of ketones is 1. The molecule has 0 aliphatic carbocycles. The van der Waals surface area contributed by atoms with Crippen molar-refractivity contribution in [3.63, 3.8) is 0 Å². The van der Waals surface area contributed by atoms with Crippen LogP contribution in [-0.4, -0.2) is 132 Å². The van der Waals surface area contributed by atoms with E-state index in [1.54, 1.807) is 52.8 Å². The van der Waals surface area contributed by atoms with Gasteiger partial charge in [0.2, 0.25) is 17.6 Å². The number of likely N-dealkylation sites (tertiary alicyclic amines) is 1. The Morgan fingerprint density at radius 1 is 0.961 bits per heavy atom. The first kappa shape index (κ1) is 55.5. The van der Waals surface area contributed by atoms with Crippen molar-refractivity contribution < 1.29 is 55.3 Å². The summed E-state index contributed by atoms with van der Waals surface area (Å²) in [6.45, 7) is 12.7. The van der Waals surface area contributed by atoms with Crippen LogP contribution in [0.4, 0.5) is 18.9 Å². The molecule has 0 saturated carbocycles. The standard InChI is InChI=1S/C54H61F3N8O9S2/c1-32(58-25-34-7-9-36(10-8-34)50-33(2)61-31-75-50)45-24-39(66)29-65(45)53(69)51(54(3,4)5)62-46(67)30-73-20-6-19-72-21-22-74-40-13-11-35(12-14-40)37-23-41-42(27-60-52(41)59-26-37)49(68)47-43(56)15-16-44(48(47)57)63-76(70,71)64-18-17-38(55)28-64/h7-16,23,26-27,31,38-39,45,51,58,63,66H,1,6,17-22,24-25,28-30H2,2-5H3,(H,59,60)(H,62,67)/t38-,39-,45+,51-/m1/s1. The summed E-state index contributed by atoms with van der Waals surface area (Å²) in [4.78, 5) is 55.2. The quantitative estimate of drug-likeness (QED) is 0.0312. The molecule has 2 aliphatic rings. The van der Waals surface area contributed by atoms with Crippen LogP contribution >= 0.6 is 11.3 Å². The van der Waals surface area contributed by atoms with Crippen molar-refractivity contribution in [2.45, 2.75) is 77.9 Å². The van der Waals surface area contributed by atoms with Gasteiger partial charge >= 0.3 is 10.2 Å². The number of nitrogens with one attached hydrogen (secondary N) is 4. The second-order valence-corrected chi connectivity index (χ2v) is 22.3. The van der Waals surface area contributed by atoms with Gasteiger partial charge in [-0.05, 0) is 72.2 Å². The maximum absolute atomic E-state index is 15.7. The predicted molar refractivity (Wildman–Crippen MR) is 282 cm³/mol. The van der Waals surface area contributed by atoms with Crippen LogP contribution in [0.3, 0.4) is 0 Å². The number of anilines is 1. The zero-order chi connectivity index (χ0) is 54.3. The summed E-state index contributed by atoms with van der Waals surface area (Å²) in [6.07, 6.45) is 1.52. The van der Waals surface area contributed by atoms with Gasteiger partial charge in [0, 0.05) is 80.4 Å². The third-order valence-corrected chi connectivity index (χ3v) is 15.6. The third kappa shape index (κ3) is 13.3. The van der Waals surface area contributed by atoms with Gasteiger partial charge in [0.25, 0.3) is 0 Å². The van der Waals surface area contributed by atoms with Crippen molar-refractivity contribution >= 4 is 55.9 Å². The van der Waals surface area contributed by atoms with Crippen molar-refractivity contribution in [2.24, 2.45) is 5.41 Å². The number of nitrogens with zero attached hydrogens (tertiary/aromatic N) is 4. The number of β-amino-alcohol motifs (C(OH)–C–C–N with tert-alkyl or cyclic N) is 1. The molecule has 0 radical (unpaired) electrons. The molecule has 6 aromatic rings. The molecule has 2 aliphatic heterocycles. The first-order valence-electron chi connectivity index (χ1n) is 24.8. The number of hydrogen-bond donors (Lipinski definition) is 5. The SMILES string of the molecule is C=C(NCc1ccc(-c2scnc2C)cc1)[C@@H]1C[C@@H](O)CN1C(=O)[C@@H](NC(=O)COCCCOCCOc1ccc(-c2cnc3[nH]cc(C(=O)c4c(F)ccc(NS(=O)(=O)N5CC[C@@H](F)C5)c4F)c3c2)cc1)C(C)(C)C. The van der Waals surface area contributed by atoms with Gasteiger partial charge in [-0.15, -0.1) is 11.3 Å². The number of alkyl halides is 1. The molecule has 2 amide bonds. The first-order valence-corrected chi connectivity index (χ1v) is 27.1. The molecule has 404 valence electrons. The van der Waals surface area contributed by atoms with Crippen molar-refractivity contribution in [3.8, 4) is 27.3 Å². The predicted octanol–water partition coefficient (Wildman–Crippen LogP) is 7.47. The van der Waals surface area contributed by atoms with Gasteiger partial charge in [0.1, 0.15) is 42.6 Å². The number of aryl methyl sites for hydroxylation is 1. The van der Waals surface area contributed by atoms with Crippen molar-refractivity contribution in [3.05, 3.63) is 131 Å². The van der Waals surface area contributed by atoms with Gasteiger partial charge in [-0.2, -0.15) is 12.7 Å². The monoisotopic (exact) mass is 1090 g/mol. The Bertz CT molecular complexity index is 3170. The normalized spacial score (nSPS) is 17.5. The fraction of sp³-hybridized carbons (Fsp3) is 0.389. The molecule has 22 heteroatoms. The molecule has 4 atom stereocenters. The number of amides is 2. The lowest BCUT2D eigenvalue weighted by Gasteiger charge is -2.36. The van der Waals surface area contributed by atoms with Crippen molar-refractivity contribution in [1.29, 1.82) is 0 Å². The highest BCUT2D eigenvalue weighted by Gasteiger charge is 2.43. The number of halogens is 3. The Hall–Kier alpha value is -6.69. The Morgan fingerprint density at radius 2 is 1.70 bits per heavy atom. The number of aromatic nitrogens is 3. The van der Waals surface area contributed by atoms with Crippen LogP contribution in [0.15, 0.2) is 96.9 Å². The molecule has 8 rings (SSSR count). The molecule has 0 bridgehead atoms. The number of carbonyl (C=O) groups excluding carboxylic acids is 3. The number of benzene rings is 3. The summed E-state index contributed by atoms with van der Waals surface area (Å²) in [5, 5.41) is 17.2. The maximum atomic E-state index is 15.7. The number of rotatable bonds is 23. The molecule has 5 heterocycles. The summed E-state index contributed by atoms with van der Waals surface area (Å²) in [5.41, 5.74) is 4.71. The molecule has 0 unspecified atom stereocenters. The molecule has 3 aromatic carbocycles. The number of aliphatic hydroxyl groups excluding tert-OH is 1. The molecule has 3 aromatic heterocycles. The molecular formula is C54H61F3N8O9S2. The average molecular weight is 1090 g/mol. The van der Waals surface area contributed by atoms with Crippen molar-refractivity contribution in [2.75, 3.05) is 57.4 Å². The number of fused-ring (bicyclic) bond motifs is 1. The van der Waals surface area contributed by atoms with E-state index in [1.165, 1.54) is 6.20 Å². The second-order valence-electron chi connectivity index (χ2n) is 19.8. The number of hydrogen-bond acceptors (Lipinski definition) is 13. The summed E-state index contributed by atoms with van der Waals surface area (Å²) in [5.74, 6) is -3.88. The molecule has 2 fully saturated rings. The third-order valence-electron chi connectivity index (χ3n) is 13.1. The van der Waals surface area contributed by atoms with E-state index in [0.717, 1.165) is 38.1 Å². The highest BCUT2D eigenvalue weighted by atomic mass is 32.2. The molecule has 2 saturated heterocycles. The largest absolute Gasteiger partial charge is 0.491 e. The lowest BCUT2D eigenvalue weighted by molar-refractivity contribution is -0.141. The number of carbonyl (C=O) groups is 3. The van der Waals surface area contributed by atoms with Crippen LogP contribution in [0.5, 0.6) is 5.75 Å². The smallest absolute Gasteiger partial charge is 0.301 e. The van der Waals surface area contributed by atoms with Crippen LogP contribution in [0, 0.1) is 24.0 Å². The summed E-state index contributed by atoms with van der Waals surface area (Å²) >= 11 is 1.59. The van der Waals surface area contributed by atoms with Crippen LogP contribution in [-0.2, 0) is 35.8 Å². The maximum Gasteiger partial charge on any atom is 0.301 e. The average Bonchev–Trinajstić information content (AvgIpc) is 4.22. The van der Waals surface area contributed by atoms with E-state index in [-0.39, 0.29) is 68.4 Å². The number of thiazole rings is 1. The van der Waals surface area contributed by atoms with Crippen LogP contribution in [0.25, 0.3) is 32.6 Å². The van der Waals surface area contributed by atoms with E-state index in [2.05, 4.69) is 44.3 Å². The Balaban J connectivity index is 0.751. The fourth-order valence-electron chi connectivity index (χ4n) is 9.02. The van der Waals surface area contributed by atoms with E-state index in [9.17, 15) is 32.3 Å². The molecule has 0 spiro atoms. The summed E-state index contributed by atoms with van der Waals surface area (Å²) < 4.78 is 90.1. The fourth-order valence-corrected chi connectivity index (χ4v) is 11.1. The van der Waals surface area contributed by atoms with Crippen LogP contribution in [0.2, 0.25) is 0 Å². The number of aromatic amines is 1. The van der Waals surface area contributed by atoms with Gasteiger partial charge in [-0.25, -0.2) is 23.1 Å². The second kappa shape index (κ2) is 24.1. The lowest BCUT2D eigenvalue weighted by Crippen LogP contribution is -2.57. The zero-order valence-corrected chi connectivity index (χ0v) is 44.2. The van der Waals surface area contributed by atoms with E-state index in [1.807, 2.05) is 50.1 Å². The Labute approximate surface area is 443 Å². The molecular weight excluding hydrogens is 1030 g/mol. The van der Waals surface area contributed by atoms with Gasteiger partial charge < -0.3 is 39.8 Å². The van der Waals surface area contributed by atoms with Gasteiger partial charge in [0.15, 0.2) is 5.82 Å². The molecule has 76 heavy (non-hydrogen) atoms. The highest BCUT2D eigenvalue weighted by molar-refractivity contribution is 7.90. The minimum atomic E-state index is -4.38. The molecule has 5 N–H and O–H groups in total. The van der Waals surface area contributed by atoms with E-state index >= 15 is 8.78 Å². The topological polar surface area (TPSA) is 217 Å². The number of aliphatic hydroxyl groups is 1. The summed E-state index contributed by atoms with van der Waals surface area (Å²) in [6, 6.07) is 17.1. The van der Waals surface area contributed by atoms with Gasteiger partial charge in [-0.1, -0.05) is 63.7 Å². The van der Waals surface area contributed by atoms with Crippen LogP contribution in [0.1, 0.15) is 67.2 Å². The molecule has 17 nitrogen and oxygen atoms in total. The van der Waals surface area contributed by atoms with Crippen molar-refractivity contribution in [1.82, 2.24) is 34.8 Å². The number of ether oxygens (including phenoxy) is 3. The minimum absolute atomic E-state index is 0.0142. The Morgan fingerprint density at radius 3 is 2.39 bits per heavy atom. The van der Waals surface area contributed by atoms with Gasteiger partial charge in [-0.3, -0.25) is 19.1 Å². The number of H-pyrrole nitrogens is 1. The first-order chi connectivity index (χ1) is 36.3. The van der Waals surface area contributed by atoms with E-state index in [4.69, 9.17) is 14.2 Å². The van der Waals surface area contributed by atoms with Crippen LogP contribution < -0.4 is 20.1 Å². The Kier molecular flexibility index (Phi) is 17.6. The summed E-state index contributed by atoms with van der Waals surface area (Å²) in [7, 11) is -4.38.